The molecule has 3 heteroatoms. The van der Waals surface area contributed by atoms with Gasteiger partial charge in [-0.15, -0.1) is 0 Å². The summed E-state index contributed by atoms with van der Waals surface area (Å²) < 4.78 is 0. The van der Waals surface area contributed by atoms with Gasteiger partial charge in [0.05, 0.1) is 6.42 Å². The molecule has 0 saturated heterocycles. The highest BCUT2D eigenvalue weighted by Crippen LogP contribution is 2.41. The minimum atomic E-state index is -0.706. The minimum absolute atomic E-state index is 0.208. The molecule has 1 aliphatic heterocycles. The van der Waals surface area contributed by atoms with Crippen LogP contribution in [0.5, 0.6) is 0 Å². The molecule has 0 saturated carbocycles. The molecule has 90 valence electrons. The molecular weight excluding hydrogens is 232 g/mol. The summed E-state index contributed by atoms with van der Waals surface area (Å²) in [5.41, 5.74) is 1.22. The summed E-state index contributed by atoms with van der Waals surface area (Å²) in [5, 5.41) is 13.5. The molecule has 0 spiro atoms. The number of carboxylic acids is 1. The molecule has 0 radical (unpaired) electrons. The molecule has 17 heavy (non-hydrogen) atoms. The highest BCUT2D eigenvalue weighted by atomic mass is 32.2. The standard InChI is InChI=1S/C14H16O2S/c15-14(16)11-13(17-8-4-5-9-17)10-12-6-2-1-3-7-12/h1-9,13,17H,10-11H2,(H,15,16). The van der Waals surface area contributed by atoms with Crippen molar-refractivity contribution in [1.29, 1.82) is 0 Å². The fourth-order valence-corrected chi connectivity index (χ4v) is 3.93. The summed E-state index contributed by atoms with van der Waals surface area (Å²) >= 11 is 0. The SMILES string of the molecule is O=C(O)CC(Cc1ccccc1)[SH]1C=CC=C1. The predicted octanol–water partition coefficient (Wildman–Crippen LogP) is 3.11. The van der Waals surface area contributed by atoms with Crippen LogP contribution < -0.4 is 0 Å². The van der Waals surface area contributed by atoms with E-state index in [1.807, 2.05) is 30.4 Å². The van der Waals surface area contributed by atoms with Crippen LogP contribution in [0, 0.1) is 0 Å². The molecule has 1 heterocycles. The van der Waals surface area contributed by atoms with Gasteiger partial charge in [-0.05, 0) is 22.8 Å². The van der Waals surface area contributed by atoms with Crippen molar-refractivity contribution >= 4 is 16.9 Å². The number of hydrogen-bond donors (Lipinski definition) is 2. The average molecular weight is 248 g/mol. The number of carbonyl (C=O) groups is 1. The Bertz CT molecular complexity index is 425. The maximum atomic E-state index is 10.9. The lowest BCUT2D eigenvalue weighted by Gasteiger charge is -2.22. The van der Waals surface area contributed by atoms with E-state index in [4.69, 9.17) is 5.11 Å². The van der Waals surface area contributed by atoms with E-state index in [-0.39, 0.29) is 11.7 Å². The fraction of sp³-hybridized carbons (Fsp3) is 0.214. The van der Waals surface area contributed by atoms with Gasteiger partial charge in [-0.25, -0.2) is 10.9 Å². The first kappa shape index (κ1) is 12.0. The monoisotopic (exact) mass is 248 g/mol. The highest BCUT2D eigenvalue weighted by molar-refractivity contribution is 8.22. The number of hydrogen-bond acceptors (Lipinski definition) is 1. The minimum Gasteiger partial charge on any atom is -0.481 e. The lowest BCUT2D eigenvalue weighted by molar-refractivity contribution is -0.136. The van der Waals surface area contributed by atoms with Crippen LogP contribution in [-0.4, -0.2) is 16.3 Å². The van der Waals surface area contributed by atoms with Crippen LogP contribution in [0.2, 0.25) is 0 Å². The Labute approximate surface area is 104 Å². The smallest absolute Gasteiger partial charge is 0.304 e. The van der Waals surface area contributed by atoms with Crippen molar-refractivity contribution in [1.82, 2.24) is 0 Å². The van der Waals surface area contributed by atoms with Crippen molar-refractivity contribution in [3.05, 3.63) is 58.9 Å². The zero-order valence-electron chi connectivity index (χ0n) is 9.49. The Kier molecular flexibility index (Phi) is 4.04. The molecule has 2 nitrogen and oxygen atoms in total. The van der Waals surface area contributed by atoms with Crippen LogP contribution in [0.15, 0.2) is 53.3 Å². The van der Waals surface area contributed by atoms with Gasteiger partial charge in [0.2, 0.25) is 0 Å². The molecule has 1 unspecified atom stereocenters. The van der Waals surface area contributed by atoms with Gasteiger partial charge in [-0.1, -0.05) is 42.5 Å². The van der Waals surface area contributed by atoms with Crippen LogP contribution in [0.3, 0.4) is 0 Å². The van der Waals surface area contributed by atoms with Crippen molar-refractivity contribution in [2.75, 3.05) is 0 Å². The molecule has 1 aromatic rings. The Morgan fingerprint density at radius 3 is 2.41 bits per heavy atom. The van der Waals surface area contributed by atoms with Gasteiger partial charge >= 0.3 is 5.97 Å². The zero-order valence-corrected chi connectivity index (χ0v) is 10.4. The first-order chi connectivity index (χ1) is 8.25. The molecule has 0 fully saturated rings. The van der Waals surface area contributed by atoms with Crippen molar-refractivity contribution in [3.8, 4) is 0 Å². The van der Waals surface area contributed by atoms with Crippen molar-refractivity contribution in [2.45, 2.75) is 18.1 Å². The van der Waals surface area contributed by atoms with Crippen molar-refractivity contribution in [2.24, 2.45) is 0 Å². The van der Waals surface area contributed by atoms with Gasteiger partial charge in [-0.3, -0.25) is 4.79 Å². The largest absolute Gasteiger partial charge is 0.481 e. The first-order valence-electron chi connectivity index (χ1n) is 5.64. The molecule has 0 amide bonds. The Morgan fingerprint density at radius 1 is 1.18 bits per heavy atom. The van der Waals surface area contributed by atoms with Gasteiger partial charge in [0.1, 0.15) is 0 Å². The van der Waals surface area contributed by atoms with E-state index < -0.39 is 16.9 Å². The van der Waals surface area contributed by atoms with Gasteiger partial charge in [0.15, 0.2) is 0 Å². The van der Waals surface area contributed by atoms with E-state index in [1.54, 1.807) is 0 Å². The van der Waals surface area contributed by atoms with Crippen LogP contribution in [0.25, 0.3) is 0 Å². The second kappa shape index (κ2) is 5.73. The molecule has 1 aliphatic rings. The zero-order chi connectivity index (χ0) is 12.1. The lowest BCUT2D eigenvalue weighted by atomic mass is 10.1. The normalized spacial score (nSPS) is 17.3. The molecular formula is C14H16O2S. The van der Waals surface area contributed by atoms with Gasteiger partial charge < -0.3 is 5.11 Å². The lowest BCUT2D eigenvalue weighted by Crippen LogP contribution is -2.15. The van der Waals surface area contributed by atoms with Crippen LogP contribution in [0.1, 0.15) is 12.0 Å². The average Bonchev–Trinajstić information content (AvgIpc) is 2.82. The summed E-state index contributed by atoms with van der Waals surface area (Å²) in [5.74, 6) is -0.706. The van der Waals surface area contributed by atoms with Gasteiger partial charge in [0, 0.05) is 5.25 Å². The molecule has 2 rings (SSSR count). The summed E-state index contributed by atoms with van der Waals surface area (Å²) in [6.07, 6.45) is 5.12. The second-order valence-corrected chi connectivity index (χ2v) is 6.29. The molecule has 1 aromatic carbocycles. The van der Waals surface area contributed by atoms with E-state index in [0.29, 0.717) is 0 Å². The van der Waals surface area contributed by atoms with E-state index in [9.17, 15) is 4.79 Å². The van der Waals surface area contributed by atoms with E-state index in [2.05, 4.69) is 22.9 Å². The molecule has 0 aromatic heterocycles. The Balaban J connectivity index is 2.08. The third kappa shape index (κ3) is 3.49. The predicted molar refractivity (Wildman–Crippen MR) is 73.5 cm³/mol. The highest BCUT2D eigenvalue weighted by Gasteiger charge is 2.19. The maximum Gasteiger partial charge on any atom is 0.304 e. The molecule has 0 aliphatic carbocycles. The summed E-state index contributed by atoms with van der Waals surface area (Å²) in [6, 6.07) is 10.1. The van der Waals surface area contributed by atoms with Crippen LogP contribution in [-0.2, 0) is 11.2 Å². The maximum absolute atomic E-state index is 10.9. The molecule has 1 N–H and O–H groups in total. The fourth-order valence-electron chi connectivity index (χ4n) is 1.96. The third-order valence-electron chi connectivity index (χ3n) is 2.77. The number of carboxylic acid groups (broad SMARTS) is 1. The number of benzene rings is 1. The van der Waals surface area contributed by atoms with Crippen LogP contribution in [0.4, 0.5) is 0 Å². The topological polar surface area (TPSA) is 37.3 Å². The van der Waals surface area contributed by atoms with E-state index in [1.165, 1.54) is 5.56 Å². The summed E-state index contributed by atoms with van der Waals surface area (Å²) in [6.45, 7) is 0. The number of thiol groups is 1. The van der Waals surface area contributed by atoms with Crippen molar-refractivity contribution < 1.29 is 9.90 Å². The molecule has 1 atom stereocenters. The Morgan fingerprint density at radius 2 is 1.82 bits per heavy atom. The summed E-state index contributed by atoms with van der Waals surface area (Å²) in [4.78, 5) is 10.9. The van der Waals surface area contributed by atoms with Gasteiger partial charge in [0.25, 0.3) is 0 Å². The molecule has 0 bridgehead atoms. The summed E-state index contributed by atoms with van der Waals surface area (Å²) in [7, 11) is -0.407. The third-order valence-corrected chi connectivity index (χ3v) is 5.01. The number of rotatable bonds is 5. The van der Waals surface area contributed by atoms with Gasteiger partial charge in [-0.2, -0.15) is 0 Å². The second-order valence-electron chi connectivity index (χ2n) is 4.07. The quantitative estimate of drug-likeness (QED) is 0.786. The van der Waals surface area contributed by atoms with E-state index in [0.717, 1.165) is 6.42 Å². The van der Waals surface area contributed by atoms with E-state index >= 15 is 0 Å². The first-order valence-corrected chi connectivity index (χ1v) is 7.19. The van der Waals surface area contributed by atoms with Crippen molar-refractivity contribution in [3.63, 3.8) is 0 Å². The number of allylic oxidation sites excluding steroid dienone is 2. The van der Waals surface area contributed by atoms with Crippen LogP contribution >= 0.6 is 10.9 Å². The number of aliphatic carboxylic acids is 1. The Hall–Kier alpha value is -1.48.